The average molecular weight is 498 g/mol. The van der Waals surface area contributed by atoms with Crippen LogP contribution in [0.4, 0.5) is 17.2 Å². The molecule has 0 aliphatic carbocycles. The van der Waals surface area contributed by atoms with Crippen LogP contribution in [0.2, 0.25) is 0 Å². The highest BCUT2D eigenvalue weighted by Gasteiger charge is 2.16. The number of aromatic nitrogens is 1. The highest BCUT2D eigenvalue weighted by Crippen LogP contribution is 2.26. The molecule has 1 aromatic heterocycles. The van der Waals surface area contributed by atoms with Crippen molar-refractivity contribution in [3.63, 3.8) is 0 Å². The molecule has 182 valence electrons. The molecule has 1 heterocycles. The van der Waals surface area contributed by atoms with E-state index in [2.05, 4.69) is 25.3 Å². The van der Waals surface area contributed by atoms with Gasteiger partial charge in [-0.2, -0.15) is 10.2 Å². The van der Waals surface area contributed by atoms with Gasteiger partial charge in [-0.25, -0.2) is 18.2 Å². The summed E-state index contributed by atoms with van der Waals surface area (Å²) in [4.78, 5) is 27.8. The fraction of sp³-hybridized carbons (Fsp3) is 0.174. The van der Waals surface area contributed by atoms with E-state index in [4.69, 9.17) is 4.74 Å². The fourth-order valence-corrected chi connectivity index (χ4v) is 3.76. The van der Waals surface area contributed by atoms with E-state index in [1.165, 1.54) is 54.7 Å². The van der Waals surface area contributed by atoms with Gasteiger partial charge < -0.3 is 15.2 Å². The summed E-state index contributed by atoms with van der Waals surface area (Å²) >= 11 is 0. The van der Waals surface area contributed by atoms with E-state index in [9.17, 15) is 23.1 Å². The van der Waals surface area contributed by atoms with E-state index >= 15 is 0 Å². The Morgan fingerprint density at radius 1 is 1.03 bits per heavy atom. The smallest absolute Gasteiger partial charge is 0.342 e. The van der Waals surface area contributed by atoms with Crippen molar-refractivity contribution in [2.24, 2.45) is 10.2 Å². The summed E-state index contributed by atoms with van der Waals surface area (Å²) < 4.78 is 32.3. The van der Waals surface area contributed by atoms with Gasteiger partial charge in [-0.1, -0.05) is 6.07 Å². The van der Waals surface area contributed by atoms with Gasteiger partial charge in [0.15, 0.2) is 6.61 Å². The van der Waals surface area contributed by atoms with Gasteiger partial charge in [0.25, 0.3) is 15.9 Å². The van der Waals surface area contributed by atoms with Crippen LogP contribution in [-0.2, 0) is 19.6 Å². The first kappa shape index (κ1) is 25.3. The summed E-state index contributed by atoms with van der Waals surface area (Å²) in [5.41, 5.74) is 0.403. The number of phenolic OH excluding ortho intramolecular Hbond substituents is 1. The Balaban J connectivity index is 1.67. The molecule has 12 heteroatoms. The van der Waals surface area contributed by atoms with E-state index < -0.39 is 28.5 Å². The van der Waals surface area contributed by atoms with Crippen molar-refractivity contribution in [3.8, 4) is 5.75 Å². The van der Waals surface area contributed by atoms with Crippen molar-refractivity contribution in [3.05, 3.63) is 72.4 Å². The van der Waals surface area contributed by atoms with Crippen LogP contribution in [-0.4, -0.2) is 43.0 Å². The lowest BCUT2D eigenvalue weighted by molar-refractivity contribution is -0.124. The van der Waals surface area contributed by atoms with Crippen molar-refractivity contribution in [1.82, 2.24) is 10.3 Å². The zero-order valence-electron chi connectivity index (χ0n) is 18.9. The minimum absolute atomic E-state index is 0.0123. The molecular formula is C23H23N5O6S. The van der Waals surface area contributed by atoms with Gasteiger partial charge in [-0.15, -0.1) is 0 Å². The Hall–Kier alpha value is -4.32. The third kappa shape index (κ3) is 7.33. The second-order valence-electron chi connectivity index (χ2n) is 7.51. The lowest BCUT2D eigenvalue weighted by Gasteiger charge is -2.09. The summed E-state index contributed by atoms with van der Waals surface area (Å²) in [6, 6.07) is 14.3. The molecule has 0 saturated carbocycles. The van der Waals surface area contributed by atoms with Crippen molar-refractivity contribution >= 4 is 39.1 Å². The number of amides is 1. The molecule has 35 heavy (non-hydrogen) atoms. The van der Waals surface area contributed by atoms with E-state index in [0.717, 1.165) is 0 Å². The Bertz CT molecular complexity index is 1330. The number of hydrogen-bond acceptors (Lipinski definition) is 9. The number of phenols is 1. The van der Waals surface area contributed by atoms with Crippen LogP contribution in [0.5, 0.6) is 5.75 Å². The normalized spacial score (nSPS) is 11.4. The van der Waals surface area contributed by atoms with E-state index in [-0.39, 0.29) is 33.8 Å². The molecule has 0 fully saturated rings. The number of aromatic hydroxyl groups is 1. The molecule has 2 aromatic carbocycles. The van der Waals surface area contributed by atoms with Gasteiger partial charge >= 0.3 is 5.97 Å². The summed E-state index contributed by atoms with van der Waals surface area (Å²) in [5, 5.41) is 20.6. The Morgan fingerprint density at radius 3 is 2.37 bits per heavy atom. The van der Waals surface area contributed by atoms with Gasteiger partial charge in [-0.05, 0) is 68.4 Å². The maximum absolute atomic E-state index is 12.5. The number of rotatable bonds is 9. The molecule has 0 saturated heterocycles. The van der Waals surface area contributed by atoms with Crippen molar-refractivity contribution in [2.75, 3.05) is 11.3 Å². The van der Waals surface area contributed by atoms with Crippen LogP contribution in [0.1, 0.15) is 24.2 Å². The maximum atomic E-state index is 12.5. The standard InChI is InChI=1S/C23H23N5O6S/c1-15(2)25-22(30)14-34-23(31)19-13-17(8-11-20(19)29)27-26-16-6-9-18(10-7-16)35(32,33)28-21-5-3-4-12-24-21/h3-13,15,29H,14H2,1-2H3,(H,24,28)(H,25,30). The van der Waals surface area contributed by atoms with Gasteiger partial charge in [-0.3, -0.25) is 9.52 Å². The molecule has 0 unspecified atom stereocenters. The zero-order valence-corrected chi connectivity index (χ0v) is 19.7. The third-order valence-electron chi connectivity index (χ3n) is 4.32. The molecule has 0 spiro atoms. The number of benzene rings is 2. The van der Waals surface area contributed by atoms with Crippen LogP contribution >= 0.6 is 0 Å². The Labute approximate surface area is 201 Å². The number of carbonyl (C=O) groups excluding carboxylic acids is 2. The van der Waals surface area contributed by atoms with Crippen molar-refractivity contribution in [2.45, 2.75) is 24.8 Å². The van der Waals surface area contributed by atoms with Gasteiger partial charge in [0, 0.05) is 12.2 Å². The molecule has 0 aliphatic rings. The van der Waals surface area contributed by atoms with Crippen LogP contribution in [0, 0.1) is 0 Å². The molecule has 3 N–H and O–H groups in total. The summed E-state index contributed by atoms with van der Waals surface area (Å²) in [5.74, 6) is -1.51. The molecule has 0 radical (unpaired) electrons. The number of hydrogen-bond donors (Lipinski definition) is 3. The van der Waals surface area contributed by atoms with Gasteiger partial charge in [0.05, 0.1) is 16.3 Å². The number of nitrogens with zero attached hydrogens (tertiary/aromatic N) is 3. The SMILES string of the molecule is CC(C)NC(=O)COC(=O)c1cc(N=Nc2ccc(S(=O)(=O)Nc3ccccn3)cc2)ccc1O. The second-order valence-corrected chi connectivity index (χ2v) is 9.20. The van der Waals surface area contributed by atoms with E-state index in [0.29, 0.717) is 5.69 Å². The highest BCUT2D eigenvalue weighted by molar-refractivity contribution is 7.92. The molecule has 0 aliphatic heterocycles. The minimum atomic E-state index is -3.83. The number of sulfonamides is 1. The highest BCUT2D eigenvalue weighted by atomic mass is 32.2. The molecule has 0 bridgehead atoms. The molecule has 11 nitrogen and oxygen atoms in total. The second kappa shape index (κ2) is 11.2. The first-order valence-electron chi connectivity index (χ1n) is 10.4. The van der Waals surface area contributed by atoms with Crippen LogP contribution in [0.3, 0.4) is 0 Å². The minimum Gasteiger partial charge on any atom is -0.507 e. The first-order chi connectivity index (χ1) is 16.6. The number of pyridine rings is 1. The summed E-state index contributed by atoms with van der Waals surface area (Å²) in [7, 11) is -3.83. The average Bonchev–Trinajstić information content (AvgIpc) is 2.82. The summed E-state index contributed by atoms with van der Waals surface area (Å²) in [6.07, 6.45) is 1.47. The van der Waals surface area contributed by atoms with Gasteiger partial charge in [0.1, 0.15) is 17.1 Å². The monoisotopic (exact) mass is 497 g/mol. The van der Waals surface area contributed by atoms with Crippen LogP contribution in [0.15, 0.2) is 82.0 Å². The molecule has 3 aromatic rings. The number of azo groups is 1. The third-order valence-corrected chi connectivity index (χ3v) is 5.69. The van der Waals surface area contributed by atoms with E-state index in [1.54, 1.807) is 26.0 Å². The summed E-state index contributed by atoms with van der Waals surface area (Å²) in [6.45, 7) is 3.05. The number of esters is 1. The van der Waals surface area contributed by atoms with Crippen LogP contribution < -0.4 is 10.0 Å². The topological polar surface area (TPSA) is 159 Å². The first-order valence-corrected chi connectivity index (χ1v) is 11.9. The zero-order chi connectivity index (χ0) is 25.4. The molecule has 1 amide bonds. The van der Waals surface area contributed by atoms with Crippen molar-refractivity contribution in [1.29, 1.82) is 0 Å². The Morgan fingerprint density at radius 2 is 1.71 bits per heavy atom. The number of nitrogens with one attached hydrogen (secondary N) is 2. The van der Waals surface area contributed by atoms with Gasteiger partial charge in [0.2, 0.25) is 0 Å². The van der Waals surface area contributed by atoms with E-state index in [1.807, 2.05) is 0 Å². The largest absolute Gasteiger partial charge is 0.507 e. The number of anilines is 1. The van der Waals surface area contributed by atoms with Crippen LogP contribution in [0.25, 0.3) is 0 Å². The lowest BCUT2D eigenvalue weighted by Crippen LogP contribution is -2.33. The molecular weight excluding hydrogens is 474 g/mol. The molecule has 3 rings (SSSR count). The number of carbonyl (C=O) groups is 2. The maximum Gasteiger partial charge on any atom is 0.342 e. The molecule has 0 atom stereocenters. The Kier molecular flexibility index (Phi) is 8.10. The lowest BCUT2D eigenvalue weighted by atomic mass is 10.2. The quantitative estimate of drug-likeness (QED) is 0.300. The predicted octanol–water partition coefficient (Wildman–Crippen LogP) is 3.68. The van der Waals surface area contributed by atoms with Crippen molar-refractivity contribution < 1.29 is 27.9 Å². The fourth-order valence-electron chi connectivity index (χ4n) is 2.75. The number of ether oxygens (including phenoxy) is 1. The predicted molar refractivity (Wildman–Crippen MR) is 127 cm³/mol.